The molecule has 0 amide bonds. The number of Topliss-reactive ketones (excluding diaryl/α,β-unsaturated/α-hetero) is 1. The van der Waals surface area contributed by atoms with E-state index >= 15 is 0 Å². The van der Waals surface area contributed by atoms with Crippen molar-refractivity contribution in [2.45, 2.75) is 32.8 Å². The third kappa shape index (κ3) is 3.03. The van der Waals surface area contributed by atoms with Gasteiger partial charge in [0.2, 0.25) is 0 Å². The average Bonchev–Trinajstić information content (AvgIpc) is 2.38. The van der Waals surface area contributed by atoms with E-state index in [4.69, 9.17) is 21.1 Å². The lowest BCUT2D eigenvalue weighted by Gasteiger charge is -2.27. The first kappa shape index (κ1) is 15.0. The molecule has 100 valence electrons. The molecule has 3 nitrogen and oxygen atoms in total. The van der Waals surface area contributed by atoms with Gasteiger partial charge in [0.05, 0.1) is 12.7 Å². The van der Waals surface area contributed by atoms with Crippen LogP contribution in [-0.2, 0) is 4.74 Å². The molecule has 0 N–H and O–H groups in total. The van der Waals surface area contributed by atoms with Gasteiger partial charge in [-0.3, -0.25) is 4.79 Å². The van der Waals surface area contributed by atoms with Gasteiger partial charge in [0.15, 0.2) is 5.78 Å². The van der Waals surface area contributed by atoms with E-state index in [2.05, 4.69) is 0 Å². The zero-order valence-electron chi connectivity index (χ0n) is 11.2. The first-order chi connectivity index (χ1) is 8.48. The van der Waals surface area contributed by atoms with Crippen molar-refractivity contribution in [1.29, 1.82) is 0 Å². The molecule has 0 aromatic heterocycles. The molecule has 0 bridgehead atoms. The van der Waals surface area contributed by atoms with Gasteiger partial charge in [-0.15, -0.1) is 0 Å². The minimum Gasteiger partial charge on any atom is -0.496 e. The molecule has 18 heavy (non-hydrogen) atoms. The molecule has 4 heteroatoms. The van der Waals surface area contributed by atoms with Gasteiger partial charge in [-0.2, -0.15) is 0 Å². The summed E-state index contributed by atoms with van der Waals surface area (Å²) in [6.45, 7) is 6.07. The van der Waals surface area contributed by atoms with Crippen molar-refractivity contribution >= 4 is 17.4 Å². The van der Waals surface area contributed by atoms with Crippen molar-refractivity contribution in [3.63, 3.8) is 0 Å². The molecule has 0 radical (unpaired) electrons. The number of hydrogen-bond donors (Lipinski definition) is 0. The first-order valence-electron chi connectivity index (χ1n) is 6.00. The molecule has 0 spiro atoms. The lowest BCUT2D eigenvalue weighted by Crippen LogP contribution is -2.38. The first-order valence-corrected chi connectivity index (χ1v) is 6.38. The summed E-state index contributed by atoms with van der Waals surface area (Å²) in [5.74, 6) is 0.412. The number of ether oxygens (including phenoxy) is 2. The molecule has 1 unspecified atom stereocenters. The van der Waals surface area contributed by atoms with Gasteiger partial charge in [-0.1, -0.05) is 18.5 Å². The highest BCUT2D eigenvalue weighted by Crippen LogP contribution is 2.29. The molecule has 1 rings (SSSR count). The zero-order valence-corrected chi connectivity index (χ0v) is 12.0. The van der Waals surface area contributed by atoms with Crippen LogP contribution in [0.25, 0.3) is 0 Å². The van der Waals surface area contributed by atoms with Crippen molar-refractivity contribution in [2.75, 3.05) is 13.7 Å². The lowest BCUT2D eigenvalue weighted by atomic mass is 9.91. The third-order valence-corrected chi connectivity index (χ3v) is 3.26. The van der Waals surface area contributed by atoms with E-state index in [1.54, 1.807) is 25.1 Å². The van der Waals surface area contributed by atoms with E-state index in [0.717, 1.165) is 0 Å². The van der Waals surface area contributed by atoms with Gasteiger partial charge in [0.1, 0.15) is 11.4 Å². The van der Waals surface area contributed by atoms with E-state index < -0.39 is 5.60 Å². The molecule has 0 saturated heterocycles. The number of methoxy groups -OCH3 is 1. The summed E-state index contributed by atoms with van der Waals surface area (Å²) in [6, 6.07) is 5.01. The molecular weight excluding hydrogens is 252 g/mol. The van der Waals surface area contributed by atoms with Crippen LogP contribution >= 0.6 is 11.6 Å². The maximum atomic E-state index is 12.6. The number of carbonyl (C=O) groups is 1. The van der Waals surface area contributed by atoms with Crippen LogP contribution in [0.3, 0.4) is 0 Å². The highest BCUT2D eigenvalue weighted by atomic mass is 35.5. The maximum absolute atomic E-state index is 12.6. The minimum atomic E-state index is -0.841. The smallest absolute Gasteiger partial charge is 0.198 e. The van der Waals surface area contributed by atoms with Crippen LogP contribution in [0.5, 0.6) is 5.75 Å². The van der Waals surface area contributed by atoms with Crippen molar-refractivity contribution in [2.24, 2.45) is 0 Å². The SMILES string of the molecule is CCOC(C)(CC)C(=O)c1cc(Cl)ccc1OC. The Hall–Kier alpha value is -1.06. The Morgan fingerprint density at radius 1 is 1.39 bits per heavy atom. The van der Waals surface area contributed by atoms with Gasteiger partial charge in [-0.05, 0) is 38.5 Å². The Morgan fingerprint density at radius 3 is 2.56 bits per heavy atom. The summed E-state index contributed by atoms with van der Waals surface area (Å²) in [7, 11) is 1.53. The van der Waals surface area contributed by atoms with Crippen LogP contribution in [0.4, 0.5) is 0 Å². The van der Waals surface area contributed by atoms with Crippen LogP contribution in [0.15, 0.2) is 18.2 Å². The fourth-order valence-corrected chi connectivity index (χ4v) is 1.96. The van der Waals surface area contributed by atoms with Crippen LogP contribution in [0.1, 0.15) is 37.6 Å². The summed E-state index contributed by atoms with van der Waals surface area (Å²) in [4.78, 5) is 12.6. The normalized spacial score (nSPS) is 14.1. The van der Waals surface area contributed by atoms with Gasteiger partial charge >= 0.3 is 0 Å². The summed E-state index contributed by atoms with van der Waals surface area (Å²) >= 11 is 5.94. The maximum Gasteiger partial charge on any atom is 0.198 e. The lowest BCUT2D eigenvalue weighted by molar-refractivity contribution is -0.0117. The highest BCUT2D eigenvalue weighted by molar-refractivity contribution is 6.31. The van der Waals surface area contributed by atoms with E-state index in [1.807, 2.05) is 13.8 Å². The number of ketones is 1. The van der Waals surface area contributed by atoms with Gasteiger partial charge in [0.25, 0.3) is 0 Å². The molecule has 1 aromatic carbocycles. The molecule has 0 aliphatic rings. The summed E-state index contributed by atoms with van der Waals surface area (Å²) in [5.41, 5.74) is -0.380. The number of halogens is 1. The van der Waals surface area contributed by atoms with Crippen molar-refractivity contribution in [3.05, 3.63) is 28.8 Å². The Kier molecular flexibility index (Phi) is 5.17. The number of rotatable bonds is 6. The van der Waals surface area contributed by atoms with Gasteiger partial charge < -0.3 is 9.47 Å². The minimum absolute atomic E-state index is 0.105. The Bertz CT molecular complexity index is 431. The Balaban J connectivity index is 3.20. The van der Waals surface area contributed by atoms with E-state index in [0.29, 0.717) is 29.4 Å². The molecule has 0 heterocycles. The van der Waals surface area contributed by atoms with E-state index in [-0.39, 0.29) is 5.78 Å². The summed E-state index contributed by atoms with van der Waals surface area (Å²) in [5, 5.41) is 0.508. The molecule has 0 aliphatic carbocycles. The summed E-state index contributed by atoms with van der Waals surface area (Å²) < 4.78 is 10.8. The highest BCUT2D eigenvalue weighted by Gasteiger charge is 2.34. The fraction of sp³-hybridized carbons (Fsp3) is 0.500. The Labute approximate surface area is 113 Å². The van der Waals surface area contributed by atoms with Crippen molar-refractivity contribution in [3.8, 4) is 5.75 Å². The Morgan fingerprint density at radius 2 is 2.06 bits per heavy atom. The molecule has 0 fully saturated rings. The fourth-order valence-electron chi connectivity index (χ4n) is 1.79. The molecule has 1 atom stereocenters. The van der Waals surface area contributed by atoms with Crippen LogP contribution < -0.4 is 4.74 Å². The van der Waals surface area contributed by atoms with Crippen LogP contribution in [0, 0.1) is 0 Å². The molecule has 0 aliphatic heterocycles. The summed E-state index contributed by atoms with van der Waals surface area (Å²) in [6.07, 6.45) is 0.593. The van der Waals surface area contributed by atoms with Crippen molar-refractivity contribution < 1.29 is 14.3 Å². The van der Waals surface area contributed by atoms with E-state index in [9.17, 15) is 4.79 Å². The van der Waals surface area contributed by atoms with Gasteiger partial charge in [-0.25, -0.2) is 0 Å². The molecule has 1 aromatic rings. The quantitative estimate of drug-likeness (QED) is 0.739. The second-order valence-corrected chi connectivity index (χ2v) is 4.63. The topological polar surface area (TPSA) is 35.5 Å². The molecule has 0 saturated carbocycles. The molecular formula is C14H19ClO3. The van der Waals surface area contributed by atoms with Gasteiger partial charge in [0, 0.05) is 11.6 Å². The standard InChI is InChI=1S/C14H19ClO3/c1-5-14(3,18-6-2)13(16)11-9-10(15)7-8-12(11)17-4/h7-9H,5-6H2,1-4H3. The largest absolute Gasteiger partial charge is 0.496 e. The van der Waals surface area contributed by atoms with E-state index in [1.165, 1.54) is 7.11 Å². The monoisotopic (exact) mass is 270 g/mol. The second-order valence-electron chi connectivity index (χ2n) is 4.19. The predicted molar refractivity (Wildman–Crippen MR) is 72.7 cm³/mol. The van der Waals surface area contributed by atoms with Crippen LogP contribution in [0.2, 0.25) is 5.02 Å². The third-order valence-electron chi connectivity index (χ3n) is 3.02. The second kappa shape index (κ2) is 6.21. The number of benzene rings is 1. The average molecular weight is 271 g/mol. The predicted octanol–water partition coefficient (Wildman–Crippen LogP) is 3.74. The number of hydrogen-bond acceptors (Lipinski definition) is 3. The number of carbonyl (C=O) groups excluding carboxylic acids is 1. The van der Waals surface area contributed by atoms with Crippen molar-refractivity contribution in [1.82, 2.24) is 0 Å². The zero-order chi connectivity index (χ0) is 13.8. The van der Waals surface area contributed by atoms with Crippen LogP contribution in [-0.4, -0.2) is 25.1 Å².